The number of aliphatic hydroxyl groups is 1. The minimum absolute atomic E-state index is 0.0725. The molecule has 142 valence electrons. The molecule has 1 aliphatic rings. The number of H-pyrrole nitrogens is 2. The fourth-order valence-electron chi connectivity index (χ4n) is 3.68. The number of benzene rings is 1. The molecule has 0 radical (unpaired) electrons. The molecule has 9 heteroatoms. The zero-order chi connectivity index (χ0) is 19.0. The summed E-state index contributed by atoms with van der Waals surface area (Å²) in [7, 11) is 0. The monoisotopic (exact) mass is 370 g/mol. The molecule has 1 aliphatic carbocycles. The Balaban J connectivity index is 1.54. The van der Waals surface area contributed by atoms with Crippen molar-refractivity contribution in [1.29, 1.82) is 0 Å². The van der Waals surface area contributed by atoms with Gasteiger partial charge in [-0.25, -0.2) is 9.78 Å². The maximum Gasteiger partial charge on any atom is 0.326 e. The molecule has 1 aromatic carbocycles. The van der Waals surface area contributed by atoms with Gasteiger partial charge in [-0.3, -0.25) is 14.5 Å². The Morgan fingerprint density at radius 3 is 2.81 bits per heavy atom. The predicted molar refractivity (Wildman–Crippen MR) is 98.4 cm³/mol. The lowest BCUT2D eigenvalue weighted by Crippen LogP contribution is -2.27. The Labute approximate surface area is 154 Å². The summed E-state index contributed by atoms with van der Waals surface area (Å²) in [5.41, 5.74) is 1.69. The Morgan fingerprint density at radius 2 is 2.11 bits per heavy atom. The van der Waals surface area contributed by atoms with E-state index in [2.05, 4.69) is 25.5 Å². The van der Waals surface area contributed by atoms with E-state index in [1.54, 1.807) is 29.7 Å². The molecule has 9 nitrogen and oxygen atoms in total. The number of nitrogens with zero attached hydrogens (tertiary/aromatic N) is 3. The molecule has 3 aromatic rings. The number of carbonyl (C=O) groups excluding carboxylic acids is 1. The summed E-state index contributed by atoms with van der Waals surface area (Å²) in [5.74, 6) is 0.949. The van der Waals surface area contributed by atoms with Crippen LogP contribution in [-0.4, -0.2) is 41.9 Å². The van der Waals surface area contributed by atoms with Crippen molar-refractivity contribution in [2.45, 2.75) is 51.3 Å². The summed E-state index contributed by atoms with van der Waals surface area (Å²) in [6.45, 7) is 2.02. The number of hydrogen-bond donors (Lipinski definition) is 4. The fraction of sp³-hybridized carbons (Fsp3) is 0.444. The molecule has 0 saturated heterocycles. The van der Waals surface area contributed by atoms with Gasteiger partial charge in [0.05, 0.1) is 23.7 Å². The summed E-state index contributed by atoms with van der Waals surface area (Å²) in [6, 6.07) is 5.26. The van der Waals surface area contributed by atoms with Crippen LogP contribution in [-0.2, 0) is 6.54 Å². The second kappa shape index (κ2) is 6.99. The van der Waals surface area contributed by atoms with Gasteiger partial charge < -0.3 is 15.4 Å². The van der Waals surface area contributed by atoms with Gasteiger partial charge in [-0.15, -0.1) is 0 Å². The van der Waals surface area contributed by atoms with Crippen LogP contribution < -0.4 is 11.0 Å². The van der Waals surface area contributed by atoms with Crippen LogP contribution >= 0.6 is 0 Å². The lowest BCUT2D eigenvalue weighted by atomic mass is 9.93. The molecule has 0 unspecified atom stereocenters. The highest BCUT2D eigenvalue weighted by molar-refractivity contribution is 5.97. The molecule has 27 heavy (non-hydrogen) atoms. The van der Waals surface area contributed by atoms with Crippen molar-refractivity contribution in [2.24, 2.45) is 0 Å². The average molecular weight is 370 g/mol. The standard InChI is InChI=1S/C18H22N6O3/c1-10-20-16(23-22-10)9-19-17(26)11-2-7-15-14(8-11)21-18(27)24(15)12-3-5-13(25)6-4-12/h2,7-8,12-13,25H,3-6,9H2,1H3,(H,19,26)(H,21,27)(H,20,22,23). The SMILES string of the molecule is Cc1nc(CNC(=O)c2ccc3c(c2)[nH]c(=O)n3C2CCC(O)CC2)n[nH]1. The summed E-state index contributed by atoms with van der Waals surface area (Å²) in [5, 5.41) is 19.2. The maximum atomic E-state index is 12.4. The number of aromatic nitrogens is 5. The van der Waals surface area contributed by atoms with Gasteiger partial charge >= 0.3 is 5.69 Å². The second-order valence-electron chi connectivity index (χ2n) is 7.01. The van der Waals surface area contributed by atoms with Crippen LogP contribution in [0.15, 0.2) is 23.0 Å². The smallest absolute Gasteiger partial charge is 0.326 e. The lowest BCUT2D eigenvalue weighted by Gasteiger charge is -2.26. The third-order valence-corrected chi connectivity index (χ3v) is 5.06. The summed E-state index contributed by atoms with van der Waals surface area (Å²) >= 11 is 0. The normalized spacial score (nSPS) is 20.1. The van der Waals surface area contributed by atoms with E-state index in [-0.39, 0.29) is 30.3 Å². The van der Waals surface area contributed by atoms with Crippen molar-refractivity contribution in [3.8, 4) is 0 Å². The third-order valence-electron chi connectivity index (χ3n) is 5.06. The van der Waals surface area contributed by atoms with Gasteiger partial charge in [0.25, 0.3) is 5.91 Å². The first-order valence-electron chi connectivity index (χ1n) is 9.09. The number of carbonyl (C=O) groups is 1. The van der Waals surface area contributed by atoms with Crippen LogP contribution in [0.5, 0.6) is 0 Å². The number of fused-ring (bicyclic) bond motifs is 1. The number of imidazole rings is 1. The van der Waals surface area contributed by atoms with E-state index in [1.807, 2.05) is 0 Å². The first-order chi connectivity index (χ1) is 13.0. The Bertz CT molecular complexity index is 1030. The third kappa shape index (κ3) is 3.50. The van der Waals surface area contributed by atoms with Crippen LogP contribution in [0.2, 0.25) is 0 Å². The Hall–Kier alpha value is -2.94. The first kappa shape index (κ1) is 17.5. The Morgan fingerprint density at radius 1 is 1.33 bits per heavy atom. The van der Waals surface area contributed by atoms with Gasteiger partial charge in [0.15, 0.2) is 5.82 Å². The molecule has 4 N–H and O–H groups in total. The van der Waals surface area contributed by atoms with E-state index in [0.717, 1.165) is 18.4 Å². The molecule has 1 amide bonds. The number of aliphatic hydroxyl groups excluding tert-OH is 1. The van der Waals surface area contributed by atoms with Crippen LogP contribution in [0.25, 0.3) is 11.0 Å². The second-order valence-corrected chi connectivity index (χ2v) is 7.01. The van der Waals surface area contributed by atoms with Crippen molar-refractivity contribution in [3.05, 3.63) is 45.9 Å². The number of nitrogens with one attached hydrogen (secondary N) is 3. The number of aryl methyl sites for hydroxylation is 1. The van der Waals surface area contributed by atoms with Crippen LogP contribution in [0.3, 0.4) is 0 Å². The summed E-state index contributed by atoms with van der Waals surface area (Å²) in [6.07, 6.45) is 2.67. The number of hydrogen-bond acceptors (Lipinski definition) is 5. The first-order valence-corrected chi connectivity index (χ1v) is 9.09. The largest absolute Gasteiger partial charge is 0.393 e. The minimum atomic E-state index is -0.273. The molecule has 1 fully saturated rings. The Kier molecular flexibility index (Phi) is 4.53. The van der Waals surface area contributed by atoms with Gasteiger partial charge in [0.1, 0.15) is 5.82 Å². The van der Waals surface area contributed by atoms with E-state index in [4.69, 9.17) is 0 Å². The van der Waals surface area contributed by atoms with E-state index < -0.39 is 0 Å². The average Bonchev–Trinajstić information content (AvgIpc) is 3.22. The summed E-state index contributed by atoms with van der Waals surface area (Å²) < 4.78 is 1.75. The molecule has 2 aromatic heterocycles. The topological polar surface area (TPSA) is 129 Å². The van der Waals surface area contributed by atoms with Crippen LogP contribution in [0.1, 0.15) is 53.7 Å². The van der Waals surface area contributed by atoms with Gasteiger partial charge in [0, 0.05) is 11.6 Å². The van der Waals surface area contributed by atoms with Crippen molar-refractivity contribution in [1.82, 2.24) is 30.0 Å². The summed E-state index contributed by atoms with van der Waals surface area (Å²) in [4.78, 5) is 31.8. The van der Waals surface area contributed by atoms with Gasteiger partial charge in [-0.1, -0.05) is 0 Å². The molecule has 0 aliphatic heterocycles. The fourth-order valence-corrected chi connectivity index (χ4v) is 3.68. The van der Waals surface area contributed by atoms with Crippen molar-refractivity contribution >= 4 is 16.9 Å². The van der Waals surface area contributed by atoms with Crippen LogP contribution in [0.4, 0.5) is 0 Å². The zero-order valence-corrected chi connectivity index (χ0v) is 15.0. The number of amides is 1. The molecule has 4 rings (SSSR count). The highest BCUT2D eigenvalue weighted by atomic mass is 16.3. The maximum absolute atomic E-state index is 12.4. The van der Waals surface area contributed by atoms with E-state index in [0.29, 0.717) is 35.6 Å². The van der Waals surface area contributed by atoms with Crippen molar-refractivity contribution in [3.63, 3.8) is 0 Å². The molecule has 0 bridgehead atoms. The predicted octanol–water partition coefficient (Wildman–Crippen LogP) is 1.16. The quantitative estimate of drug-likeness (QED) is 0.548. The molecule has 1 saturated carbocycles. The molecular formula is C18H22N6O3. The lowest BCUT2D eigenvalue weighted by molar-refractivity contribution is 0.0950. The number of rotatable bonds is 4. The highest BCUT2D eigenvalue weighted by Gasteiger charge is 2.24. The van der Waals surface area contributed by atoms with Gasteiger partial charge in [0.2, 0.25) is 0 Å². The number of aromatic amines is 2. The molecular weight excluding hydrogens is 348 g/mol. The molecule has 0 spiro atoms. The van der Waals surface area contributed by atoms with E-state index in [1.165, 1.54) is 0 Å². The van der Waals surface area contributed by atoms with Crippen molar-refractivity contribution < 1.29 is 9.90 Å². The highest BCUT2D eigenvalue weighted by Crippen LogP contribution is 2.29. The van der Waals surface area contributed by atoms with Gasteiger partial charge in [-0.05, 0) is 50.8 Å². The van der Waals surface area contributed by atoms with E-state index >= 15 is 0 Å². The van der Waals surface area contributed by atoms with Gasteiger partial charge in [-0.2, -0.15) is 5.10 Å². The minimum Gasteiger partial charge on any atom is -0.393 e. The van der Waals surface area contributed by atoms with Crippen LogP contribution in [0, 0.1) is 6.92 Å². The molecule has 0 atom stereocenters. The van der Waals surface area contributed by atoms with E-state index in [9.17, 15) is 14.7 Å². The van der Waals surface area contributed by atoms with Crippen molar-refractivity contribution in [2.75, 3.05) is 0 Å². The zero-order valence-electron chi connectivity index (χ0n) is 15.0. The molecule has 2 heterocycles.